The van der Waals surface area contributed by atoms with Crippen molar-refractivity contribution in [2.45, 2.75) is 39.5 Å². The van der Waals surface area contributed by atoms with Crippen LogP contribution in [0.1, 0.15) is 50.9 Å². The van der Waals surface area contributed by atoms with Crippen LogP contribution in [-0.2, 0) is 0 Å². The van der Waals surface area contributed by atoms with Crippen molar-refractivity contribution in [3.05, 3.63) is 35.8 Å². The lowest BCUT2D eigenvalue weighted by Gasteiger charge is -2.05. The number of rotatable bonds is 2. The molecule has 2 rings (SSSR count). The molecule has 2 aromatic rings. The second kappa shape index (κ2) is 3.73. The summed E-state index contributed by atoms with van der Waals surface area (Å²) in [5, 5.41) is 2.49. The van der Waals surface area contributed by atoms with Crippen molar-refractivity contribution in [3.8, 4) is 0 Å². The van der Waals surface area contributed by atoms with E-state index in [4.69, 9.17) is 4.42 Å². The monoisotopic (exact) mass is 202 g/mol. The Labute approximate surface area is 91.1 Å². The molecule has 0 unspecified atom stereocenters. The molecular formula is C14H18O. The van der Waals surface area contributed by atoms with Crippen LogP contribution < -0.4 is 0 Å². The molecule has 80 valence electrons. The predicted molar refractivity (Wildman–Crippen MR) is 64.4 cm³/mol. The summed E-state index contributed by atoms with van der Waals surface area (Å²) in [7, 11) is 0. The van der Waals surface area contributed by atoms with Gasteiger partial charge in [0.25, 0.3) is 0 Å². The van der Waals surface area contributed by atoms with E-state index in [9.17, 15) is 0 Å². The molecule has 0 saturated carbocycles. The van der Waals surface area contributed by atoms with E-state index in [1.807, 2.05) is 6.26 Å². The molecule has 1 nitrogen and oxygen atoms in total. The van der Waals surface area contributed by atoms with Crippen LogP contribution >= 0.6 is 0 Å². The SMILES string of the molecule is CC(C)c1ccc2c(C(C)C)occ2c1. The van der Waals surface area contributed by atoms with Gasteiger partial charge in [-0.15, -0.1) is 0 Å². The van der Waals surface area contributed by atoms with Crippen LogP contribution in [0, 0.1) is 0 Å². The van der Waals surface area contributed by atoms with E-state index in [-0.39, 0.29) is 0 Å². The highest BCUT2D eigenvalue weighted by Crippen LogP contribution is 2.29. The zero-order chi connectivity index (χ0) is 11.0. The minimum atomic E-state index is 0.451. The first-order chi connectivity index (χ1) is 7.09. The Kier molecular flexibility index (Phi) is 2.56. The molecule has 0 aliphatic heterocycles. The first-order valence-corrected chi connectivity index (χ1v) is 5.60. The van der Waals surface area contributed by atoms with Crippen LogP contribution in [0.3, 0.4) is 0 Å². The number of furan rings is 1. The van der Waals surface area contributed by atoms with Gasteiger partial charge in [-0.1, -0.05) is 39.8 Å². The average Bonchev–Trinajstić information content (AvgIpc) is 2.59. The standard InChI is InChI=1S/C14H18O/c1-9(2)11-5-6-13-12(7-11)8-15-14(13)10(3)4/h5-10H,1-4H3. The zero-order valence-electron chi connectivity index (χ0n) is 9.87. The van der Waals surface area contributed by atoms with Gasteiger partial charge in [-0.05, 0) is 17.5 Å². The fourth-order valence-corrected chi connectivity index (χ4v) is 1.90. The quantitative estimate of drug-likeness (QED) is 0.689. The minimum absolute atomic E-state index is 0.451. The summed E-state index contributed by atoms with van der Waals surface area (Å²) in [4.78, 5) is 0. The Morgan fingerprint density at radius 1 is 1.00 bits per heavy atom. The first kappa shape index (κ1) is 10.3. The lowest BCUT2D eigenvalue weighted by atomic mass is 9.99. The summed E-state index contributed by atoms with van der Waals surface area (Å²) >= 11 is 0. The lowest BCUT2D eigenvalue weighted by Crippen LogP contribution is -1.87. The lowest BCUT2D eigenvalue weighted by molar-refractivity contribution is 0.492. The van der Waals surface area contributed by atoms with Gasteiger partial charge in [0, 0.05) is 16.7 Å². The first-order valence-electron chi connectivity index (χ1n) is 5.60. The Bertz CT molecular complexity index is 463. The van der Waals surface area contributed by atoms with E-state index >= 15 is 0 Å². The molecule has 0 saturated heterocycles. The Hall–Kier alpha value is -1.24. The summed E-state index contributed by atoms with van der Waals surface area (Å²) in [5.41, 5.74) is 1.37. The molecule has 0 N–H and O–H groups in total. The molecular weight excluding hydrogens is 184 g/mol. The van der Waals surface area contributed by atoms with E-state index in [1.54, 1.807) is 0 Å². The highest BCUT2D eigenvalue weighted by molar-refractivity contribution is 5.85. The second-order valence-corrected chi connectivity index (χ2v) is 4.76. The van der Waals surface area contributed by atoms with Crippen molar-refractivity contribution >= 4 is 10.8 Å². The van der Waals surface area contributed by atoms with Crippen molar-refractivity contribution in [1.29, 1.82) is 0 Å². The molecule has 0 aliphatic carbocycles. The number of benzene rings is 1. The maximum Gasteiger partial charge on any atom is 0.114 e. The molecule has 0 amide bonds. The molecule has 0 aliphatic rings. The van der Waals surface area contributed by atoms with Gasteiger partial charge in [0.05, 0.1) is 6.26 Å². The van der Waals surface area contributed by atoms with Crippen molar-refractivity contribution < 1.29 is 4.42 Å². The second-order valence-electron chi connectivity index (χ2n) is 4.76. The third-order valence-electron chi connectivity index (χ3n) is 2.84. The van der Waals surface area contributed by atoms with Crippen molar-refractivity contribution in [1.82, 2.24) is 0 Å². The van der Waals surface area contributed by atoms with Gasteiger partial charge in [0.1, 0.15) is 5.76 Å². The largest absolute Gasteiger partial charge is 0.468 e. The van der Waals surface area contributed by atoms with Gasteiger partial charge in [-0.25, -0.2) is 0 Å². The molecule has 15 heavy (non-hydrogen) atoms. The van der Waals surface area contributed by atoms with Gasteiger partial charge in [0.2, 0.25) is 0 Å². The third kappa shape index (κ3) is 1.79. The topological polar surface area (TPSA) is 13.1 Å². The normalized spacial score (nSPS) is 11.9. The van der Waals surface area contributed by atoms with Crippen LogP contribution in [-0.4, -0.2) is 0 Å². The van der Waals surface area contributed by atoms with E-state index < -0.39 is 0 Å². The highest BCUT2D eigenvalue weighted by Gasteiger charge is 2.10. The maximum absolute atomic E-state index is 5.61. The Morgan fingerprint density at radius 2 is 1.73 bits per heavy atom. The summed E-state index contributed by atoms with van der Waals surface area (Å²) in [6.07, 6.45) is 1.87. The summed E-state index contributed by atoms with van der Waals surface area (Å²) in [6, 6.07) is 6.62. The predicted octanol–water partition coefficient (Wildman–Crippen LogP) is 4.68. The van der Waals surface area contributed by atoms with Gasteiger partial charge in [0.15, 0.2) is 0 Å². The van der Waals surface area contributed by atoms with Gasteiger partial charge < -0.3 is 4.42 Å². The van der Waals surface area contributed by atoms with Crippen LogP contribution in [0.2, 0.25) is 0 Å². The minimum Gasteiger partial charge on any atom is -0.468 e. The van der Waals surface area contributed by atoms with Gasteiger partial charge in [-0.2, -0.15) is 0 Å². The van der Waals surface area contributed by atoms with Crippen LogP contribution in [0.25, 0.3) is 10.8 Å². The summed E-state index contributed by atoms with van der Waals surface area (Å²) in [5.74, 6) is 2.12. The van der Waals surface area contributed by atoms with Gasteiger partial charge >= 0.3 is 0 Å². The fraction of sp³-hybridized carbons (Fsp3) is 0.429. The number of hydrogen-bond donors (Lipinski definition) is 0. The molecule has 0 atom stereocenters. The average molecular weight is 202 g/mol. The Balaban J connectivity index is 2.57. The molecule has 1 aromatic carbocycles. The van der Waals surface area contributed by atoms with Crippen molar-refractivity contribution in [2.24, 2.45) is 0 Å². The molecule has 1 aromatic heterocycles. The maximum atomic E-state index is 5.61. The summed E-state index contributed by atoms with van der Waals surface area (Å²) < 4.78 is 5.61. The van der Waals surface area contributed by atoms with E-state index in [0.29, 0.717) is 11.8 Å². The fourth-order valence-electron chi connectivity index (χ4n) is 1.90. The molecule has 0 spiro atoms. The molecule has 0 radical (unpaired) electrons. The third-order valence-corrected chi connectivity index (χ3v) is 2.84. The van der Waals surface area contributed by atoms with E-state index in [0.717, 1.165) is 5.76 Å². The molecule has 0 fully saturated rings. The van der Waals surface area contributed by atoms with E-state index in [2.05, 4.69) is 45.9 Å². The van der Waals surface area contributed by atoms with Crippen LogP contribution in [0.4, 0.5) is 0 Å². The summed E-state index contributed by atoms with van der Waals surface area (Å²) in [6.45, 7) is 8.75. The molecule has 1 heteroatoms. The smallest absolute Gasteiger partial charge is 0.114 e. The van der Waals surface area contributed by atoms with Gasteiger partial charge in [-0.3, -0.25) is 0 Å². The van der Waals surface area contributed by atoms with Crippen LogP contribution in [0.5, 0.6) is 0 Å². The Morgan fingerprint density at radius 3 is 2.33 bits per heavy atom. The zero-order valence-corrected chi connectivity index (χ0v) is 9.87. The van der Waals surface area contributed by atoms with Crippen molar-refractivity contribution in [2.75, 3.05) is 0 Å². The number of fused-ring (bicyclic) bond motifs is 1. The molecule has 0 bridgehead atoms. The molecule has 1 heterocycles. The van der Waals surface area contributed by atoms with Crippen LogP contribution in [0.15, 0.2) is 28.9 Å². The van der Waals surface area contributed by atoms with E-state index in [1.165, 1.54) is 16.3 Å². The highest BCUT2D eigenvalue weighted by atomic mass is 16.3. The van der Waals surface area contributed by atoms with Crippen molar-refractivity contribution in [3.63, 3.8) is 0 Å². The number of hydrogen-bond acceptors (Lipinski definition) is 1.